The summed E-state index contributed by atoms with van der Waals surface area (Å²) >= 11 is 7.71. The molecule has 0 radical (unpaired) electrons. The van der Waals surface area contributed by atoms with Crippen molar-refractivity contribution in [2.24, 2.45) is 0 Å². The molecule has 2 amide bonds. The van der Waals surface area contributed by atoms with Gasteiger partial charge in [0.05, 0.1) is 17.2 Å². The van der Waals surface area contributed by atoms with Crippen LogP contribution in [0.5, 0.6) is 0 Å². The predicted molar refractivity (Wildman–Crippen MR) is 87.7 cm³/mol. The number of hydrogen-bond donors (Lipinski definition) is 0. The predicted octanol–water partition coefficient (Wildman–Crippen LogP) is 2.98. The number of hydrogen-bond acceptors (Lipinski definition) is 4. The first-order valence-corrected chi connectivity index (χ1v) is 8.71. The standard InChI is InChI=1S/C15H19ClN2O3S/c1-3-21-15(20)18-8-6-17(7-9-18)14(19)12-10-11(22-2)4-5-13(12)16/h4-5,10H,3,6-9H2,1-2H3. The van der Waals surface area contributed by atoms with Crippen LogP contribution in [-0.2, 0) is 4.74 Å². The molecule has 1 aliphatic rings. The highest BCUT2D eigenvalue weighted by molar-refractivity contribution is 7.98. The summed E-state index contributed by atoms with van der Waals surface area (Å²) in [6, 6.07) is 5.45. The third-order valence-electron chi connectivity index (χ3n) is 3.50. The van der Waals surface area contributed by atoms with Crippen molar-refractivity contribution in [2.75, 3.05) is 39.0 Å². The van der Waals surface area contributed by atoms with E-state index in [0.29, 0.717) is 43.4 Å². The molecule has 0 aromatic heterocycles. The molecule has 22 heavy (non-hydrogen) atoms. The Hall–Kier alpha value is -1.40. The zero-order chi connectivity index (χ0) is 16.1. The summed E-state index contributed by atoms with van der Waals surface area (Å²) in [5.74, 6) is -0.0931. The second kappa shape index (κ2) is 7.74. The molecule has 0 unspecified atom stereocenters. The van der Waals surface area contributed by atoms with Crippen LogP contribution in [0, 0.1) is 0 Å². The van der Waals surface area contributed by atoms with Crippen LogP contribution in [0.2, 0.25) is 5.02 Å². The van der Waals surface area contributed by atoms with Gasteiger partial charge in [-0.25, -0.2) is 4.79 Å². The van der Waals surface area contributed by atoms with Crippen LogP contribution in [0.1, 0.15) is 17.3 Å². The lowest BCUT2D eigenvalue weighted by Crippen LogP contribution is -2.50. The molecule has 0 spiro atoms. The number of thioether (sulfide) groups is 1. The summed E-state index contributed by atoms with van der Waals surface area (Å²) in [6.07, 6.45) is 1.63. The number of nitrogens with zero attached hydrogens (tertiary/aromatic N) is 2. The van der Waals surface area contributed by atoms with Crippen LogP contribution in [0.25, 0.3) is 0 Å². The van der Waals surface area contributed by atoms with Crippen molar-refractivity contribution in [3.63, 3.8) is 0 Å². The van der Waals surface area contributed by atoms with Crippen molar-refractivity contribution < 1.29 is 14.3 Å². The van der Waals surface area contributed by atoms with Crippen LogP contribution in [0.3, 0.4) is 0 Å². The highest BCUT2D eigenvalue weighted by Gasteiger charge is 2.26. The molecule has 0 bridgehead atoms. The van der Waals surface area contributed by atoms with Gasteiger partial charge in [0.15, 0.2) is 0 Å². The summed E-state index contributed by atoms with van der Waals surface area (Å²) in [4.78, 5) is 28.6. The van der Waals surface area contributed by atoms with Gasteiger partial charge in [0.25, 0.3) is 5.91 Å². The Labute approximate surface area is 139 Å². The van der Waals surface area contributed by atoms with Gasteiger partial charge in [-0.1, -0.05) is 11.6 Å². The molecule has 1 aromatic carbocycles. The third kappa shape index (κ3) is 3.87. The summed E-state index contributed by atoms with van der Waals surface area (Å²) in [5.41, 5.74) is 0.512. The molecule has 0 N–H and O–H groups in total. The van der Waals surface area contributed by atoms with Crippen molar-refractivity contribution >= 4 is 35.4 Å². The SMILES string of the molecule is CCOC(=O)N1CCN(C(=O)c2cc(SC)ccc2Cl)CC1. The van der Waals surface area contributed by atoms with E-state index >= 15 is 0 Å². The van der Waals surface area contributed by atoms with Crippen LogP contribution < -0.4 is 0 Å². The summed E-state index contributed by atoms with van der Waals surface area (Å²) in [5, 5.41) is 0.454. The maximum absolute atomic E-state index is 12.6. The monoisotopic (exact) mass is 342 g/mol. The molecule has 1 aromatic rings. The molecule has 2 rings (SSSR count). The van der Waals surface area contributed by atoms with Gasteiger partial charge in [-0.2, -0.15) is 0 Å². The minimum Gasteiger partial charge on any atom is -0.450 e. The van der Waals surface area contributed by atoms with Gasteiger partial charge in [0.1, 0.15) is 0 Å². The van der Waals surface area contributed by atoms with E-state index in [1.807, 2.05) is 18.4 Å². The highest BCUT2D eigenvalue weighted by atomic mass is 35.5. The van der Waals surface area contributed by atoms with E-state index in [-0.39, 0.29) is 12.0 Å². The number of benzene rings is 1. The Kier molecular flexibility index (Phi) is 5.97. The van der Waals surface area contributed by atoms with Crippen LogP contribution in [0.4, 0.5) is 4.79 Å². The number of amides is 2. The first-order valence-electron chi connectivity index (χ1n) is 7.11. The van der Waals surface area contributed by atoms with Crippen molar-refractivity contribution in [2.45, 2.75) is 11.8 Å². The molecule has 5 nitrogen and oxygen atoms in total. The Morgan fingerprint density at radius 2 is 1.86 bits per heavy atom. The van der Waals surface area contributed by atoms with Crippen LogP contribution >= 0.6 is 23.4 Å². The van der Waals surface area contributed by atoms with E-state index in [2.05, 4.69) is 0 Å². The molecular formula is C15H19ClN2O3S. The molecule has 1 saturated heterocycles. The molecule has 0 aliphatic carbocycles. The number of carbonyl (C=O) groups excluding carboxylic acids is 2. The number of rotatable bonds is 3. The molecule has 0 atom stereocenters. The minimum absolute atomic E-state index is 0.0931. The van der Waals surface area contributed by atoms with E-state index in [0.717, 1.165) is 4.90 Å². The number of piperazine rings is 1. The number of carbonyl (C=O) groups is 2. The van der Waals surface area contributed by atoms with Crippen molar-refractivity contribution in [1.29, 1.82) is 0 Å². The first-order chi connectivity index (χ1) is 10.6. The van der Waals surface area contributed by atoms with E-state index in [4.69, 9.17) is 16.3 Å². The topological polar surface area (TPSA) is 49.9 Å². The smallest absolute Gasteiger partial charge is 0.409 e. The zero-order valence-corrected chi connectivity index (χ0v) is 14.2. The van der Waals surface area contributed by atoms with Crippen LogP contribution in [0.15, 0.2) is 23.1 Å². The highest BCUT2D eigenvalue weighted by Crippen LogP contribution is 2.24. The number of ether oxygens (including phenoxy) is 1. The lowest BCUT2D eigenvalue weighted by atomic mass is 10.2. The van der Waals surface area contributed by atoms with E-state index in [1.165, 1.54) is 0 Å². The lowest BCUT2D eigenvalue weighted by Gasteiger charge is -2.34. The second-order valence-electron chi connectivity index (χ2n) is 4.82. The van der Waals surface area contributed by atoms with E-state index in [1.54, 1.807) is 34.6 Å². The molecule has 1 aliphatic heterocycles. The Morgan fingerprint density at radius 1 is 1.23 bits per heavy atom. The second-order valence-corrected chi connectivity index (χ2v) is 6.11. The summed E-state index contributed by atoms with van der Waals surface area (Å²) < 4.78 is 4.97. The largest absolute Gasteiger partial charge is 0.450 e. The van der Waals surface area contributed by atoms with Crippen molar-refractivity contribution in [3.8, 4) is 0 Å². The lowest BCUT2D eigenvalue weighted by molar-refractivity contribution is 0.0570. The first kappa shape index (κ1) is 17.0. The van der Waals surface area contributed by atoms with E-state index < -0.39 is 0 Å². The van der Waals surface area contributed by atoms with Gasteiger partial charge >= 0.3 is 6.09 Å². The summed E-state index contributed by atoms with van der Waals surface area (Å²) in [7, 11) is 0. The Bertz CT molecular complexity index is 560. The normalized spacial score (nSPS) is 14.9. The quantitative estimate of drug-likeness (QED) is 0.792. The summed E-state index contributed by atoms with van der Waals surface area (Å²) in [6.45, 7) is 4.05. The molecular weight excluding hydrogens is 324 g/mol. The van der Waals surface area contributed by atoms with Gasteiger partial charge in [0, 0.05) is 31.1 Å². The maximum atomic E-state index is 12.6. The Morgan fingerprint density at radius 3 is 2.45 bits per heavy atom. The molecule has 1 fully saturated rings. The van der Waals surface area contributed by atoms with Crippen LogP contribution in [-0.4, -0.2) is 60.8 Å². The average molecular weight is 343 g/mol. The zero-order valence-electron chi connectivity index (χ0n) is 12.7. The van der Waals surface area contributed by atoms with Gasteiger partial charge in [-0.3, -0.25) is 4.79 Å². The average Bonchev–Trinajstić information content (AvgIpc) is 2.55. The Balaban J connectivity index is 2.02. The fourth-order valence-corrected chi connectivity index (χ4v) is 2.91. The van der Waals surface area contributed by atoms with Crippen molar-refractivity contribution in [3.05, 3.63) is 28.8 Å². The molecule has 1 heterocycles. The van der Waals surface area contributed by atoms with Gasteiger partial charge < -0.3 is 14.5 Å². The van der Waals surface area contributed by atoms with Gasteiger partial charge in [-0.05, 0) is 31.4 Å². The fourth-order valence-electron chi connectivity index (χ4n) is 2.27. The number of halogens is 1. The minimum atomic E-state index is -0.322. The molecule has 0 saturated carbocycles. The van der Waals surface area contributed by atoms with E-state index in [9.17, 15) is 9.59 Å². The van der Waals surface area contributed by atoms with Gasteiger partial charge in [-0.15, -0.1) is 11.8 Å². The molecule has 7 heteroatoms. The third-order valence-corrected chi connectivity index (χ3v) is 4.55. The maximum Gasteiger partial charge on any atom is 0.409 e. The van der Waals surface area contributed by atoms with Gasteiger partial charge in [0.2, 0.25) is 0 Å². The fraction of sp³-hybridized carbons (Fsp3) is 0.467. The van der Waals surface area contributed by atoms with Crippen molar-refractivity contribution in [1.82, 2.24) is 9.80 Å². The molecule has 120 valence electrons.